The van der Waals surface area contributed by atoms with Crippen LogP contribution in [0.5, 0.6) is 0 Å². The van der Waals surface area contributed by atoms with Crippen molar-refractivity contribution in [2.75, 3.05) is 53.6 Å². The molecular weight excluding hydrogens is 463 g/mol. The van der Waals surface area contributed by atoms with Crippen LogP contribution >= 0.6 is 7.82 Å². The Labute approximate surface area is 217 Å². The van der Waals surface area contributed by atoms with Gasteiger partial charge in [0.1, 0.15) is 0 Å². The Morgan fingerprint density at radius 2 is 1.23 bits per heavy atom. The molecule has 0 saturated carbocycles. The molecule has 1 N–H and O–H groups in total. The second-order valence-corrected chi connectivity index (χ2v) is 11.2. The van der Waals surface area contributed by atoms with Gasteiger partial charge < -0.3 is 28.9 Å². The fourth-order valence-corrected chi connectivity index (χ4v) is 4.62. The monoisotopic (exact) mass is 521 g/mol. The predicted molar refractivity (Wildman–Crippen MR) is 146 cm³/mol. The molecular formula is C27H58N2O5P-. The summed E-state index contributed by atoms with van der Waals surface area (Å²) in [5, 5.41) is 3.04. The molecule has 0 saturated heterocycles. The fourth-order valence-electron chi connectivity index (χ4n) is 3.88. The maximum absolute atomic E-state index is 11.9. The van der Waals surface area contributed by atoms with Gasteiger partial charge in [0.25, 0.3) is 7.82 Å². The smallest absolute Gasteiger partial charge is 0.267 e. The maximum Gasteiger partial charge on any atom is 0.267 e. The highest BCUT2D eigenvalue weighted by Gasteiger charge is 2.14. The van der Waals surface area contributed by atoms with Gasteiger partial charge in [0.15, 0.2) is 0 Å². The van der Waals surface area contributed by atoms with E-state index in [0.29, 0.717) is 19.8 Å². The van der Waals surface area contributed by atoms with E-state index in [1.165, 1.54) is 96.3 Å². The number of phosphoric ester groups is 1. The zero-order chi connectivity index (χ0) is 26.0. The number of hydrogen-bond acceptors (Lipinski definition) is 7. The van der Waals surface area contributed by atoms with Gasteiger partial charge in [0.2, 0.25) is 0 Å². The molecule has 35 heavy (non-hydrogen) atoms. The van der Waals surface area contributed by atoms with E-state index in [-0.39, 0.29) is 19.3 Å². The highest BCUT2D eigenvalue weighted by molar-refractivity contribution is 7.45. The van der Waals surface area contributed by atoms with E-state index in [2.05, 4.69) is 12.2 Å². The largest absolute Gasteiger partial charge is 0.756 e. The number of ether oxygens (including phenoxy) is 1. The molecule has 0 aromatic heterocycles. The average Bonchev–Trinajstić information content (AvgIpc) is 2.84. The zero-order valence-electron chi connectivity index (χ0n) is 23.6. The third kappa shape index (κ3) is 25.4. The molecule has 2 atom stereocenters. The Morgan fingerprint density at radius 1 is 0.743 bits per heavy atom. The van der Waals surface area contributed by atoms with Gasteiger partial charge in [0, 0.05) is 13.2 Å². The summed E-state index contributed by atoms with van der Waals surface area (Å²) in [5.74, 6) is 0. The Bertz CT molecular complexity index is 484. The molecule has 8 heteroatoms. The fraction of sp³-hybridized carbons (Fsp3) is 1.00. The van der Waals surface area contributed by atoms with Crippen LogP contribution in [-0.2, 0) is 18.3 Å². The van der Waals surface area contributed by atoms with E-state index in [4.69, 9.17) is 13.8 Å². The number of rotatable bonds is 28. The van der Waals surface area contributed by atoms with Crippen LogP contribution in [0.15, 0.2) is 0 Å². The SMILES string of the molecule is CCCCCCCCCCCCCCCCCCOCC(COP(=O)([O-])OCCN(C)CC)NC. The molecule has 0 aliphatic carbocycles. The number of phosphoric acid groups is 1. The number of nitrogens with one attached hydrogen (secondary N) is 1. The number of hydrogen-bond donors (Lipinski definition) is 1. The molecule has 0 aliphatic heterocycles. The first-order valence-corrected chi connectivity index (χ1v) is 15.9. The summed E-state index contributed by atoms with van der Waals surface area (Å²) in [5.41, 5.74) is 0. The zero-order valence-corrected chi connectivity index (χ0v) is 24.5. The first-order chi connectivity index (χ1) is 16.9. The molecule has 0 aromatic carbocycles. The van der Waals surface area contributed by atoms with Gasteiger partial charge in [-0.1, -0.05) is 110 Å². The molecule has 0 aromatic rings. The predicted octanol–water partition coefficient (Wildman–Crippen LogP) is 6.31. The highest BCUT2D eigenvalue weighted by atomic mass is 31.2. The van der Waals surface area contributed by atoms with Gasteiger partial charge in [-0.3, -0.25) is 4.57 Å². The Kier molecular flexibility index (Phi) is 25.6. The van der Waals surface area contributed by atoms with Crippen molar-refractivity contribution >= 4 is 7.82 Å². The molecule has 0 radical (unpaired) electrons. The summed E-state index contributed by atoms with van der Waals surface area (Å²) in [6.45, 7) is 6.91. The van der Waals surface area contributed by atoms with Crippen molar-refractivity contribution in [3.05, 3.63) is 0 Å². The maximum atomic E-state index is 11.9. The lowest BCUT2D eigenvalue weighted by Crippen LogP contribution is -2.35. The van der Waals surface area contributed by atoms with Crippen LogP contribution in [0.2, 0.25) is 0 Å². The van der Waals surface area contributed by atoms with Crippen LogP contribution < -0.4 is 10.2 Å². The summed E-state index contributed by atoms with van der Waals surface area (Å²) in [7, 11) is -0.590. The summed E-state index contributed by atoms with van der Waals surface area (Å²) in [6.07, 6.45) is 21.6. The lowest BCUT2D eigenvalue weighted by Gasteiger charge is -2.26. The van der Waals surface area contributed by atoms with E-state index in [1.54, 1.807) is 7.05 Å². The van der Waals surface area contributed by atoms with Gasteiger partial charge in [-0.15, -0.1) is 0 Å². The van der Waals surface area contributed by atoms with E-state index >= 15 is 0 Å². The quantitative estimate of drug-likeness (QED) is 0.0954. The van der Waals surface area contributed by atoms with Crippen molar-refractivity contribution in [3.63, 3.8) is 0 Å². The van der Waals surface area contributed by atoms with Crippen LogP contribution in [0.1, 0.15) is 117 Å². The van der Waals surface area contributed by atoms with Crippen LogP contribution in [0.25, 0.3) is 0 Å². The molecule has 0 amide bonds. The first-order valence-electron chi connectivity index (χ1n) is 14.5. The lowest BCUT2D eigenvalue weighted by molar-refractivity contribution is -0.226. The summed E-state index contributed by atoms with van der Waals surface area (Å²) < 4.78 is 27.5. The van der Waals surface area contributed by atoms with Crippen molar-refractivity contribution in [2.24, 2.45) is 0 Å². The Hall–Kier alpha value is -0.0100. The Morgan fingerprint density at radius 3 is 1.69 bits per heavy atom. The number of unbranched alkanes of at least 4 members (excludes halogenated alkanes) is 15. The van der Waals surface area contributed by atoms with Gasteiger partial charge in [-0.05, 0) is 27.1 Å². The van der Waals surface area contributed by atoms with Crippen molar-refractivity contribution in [1.82, 2.24) is 10.2 Å². The average molecular weight is 522 g/mol. The standard InChI is InChI=1S/C27H59N2O5P/c1-5-7-8-9-10-11-12-13-14-15-16-17-18-19-20-21-23-32-25-27(28-3)26-34-35(30,31)33-24-22-29(4)6-2/h27-28H,5-26H2,1-4H3,(H,30,31)/p-1. The molecule has 0 heterocycles. The van der Waals surface area contributed by atoms with Gasteiger partial charge >= 0.3 is 0 Å². The van der Waals surface area contributed by atoms with Gasteiger partial charge in [-0.2, -0.15) is 0 Å². The minimum Gasteiger partial charge on any atom is -0.756 e. The van der Waals surface area contributed by atoms with E-state index in [1.807, 2.05) is 18.9 Å². The second kappa shape index (κ2) is 25.6. The van der Waals surface area contributed by atoms with Crippen molar-refractivity contribution in [1.29, 1.82) is 0 Å². The number of nitrogens with zero attached hydrogens (tertiary/aromatic N) is 1. The van der Waals surface area contributed by atoms with Crippen molar-refractivity contribution in [2.45, 2.75) is 123 Å². The van der Waals surface area contributed by atoms with Crippen molar-refractivity contribution in [3.8, 4) is 0 Å². The van der Waals surface area contributed by atoms with Crippen molar-refractivity contribution < 1.29 is 23.2 Å². The molecule has 0 fully saturated rings. The minimum absolute atomic E-state index is 0.0137. The Balaban J connectivity index is 3.47. The summed E-state index contributed by atoms with van der Waals surface area (Å²) in [4.78, 5) is 13.8. The van der Waals surface area contributed by atoms with Crippen LogP contribution in [0.4, 0.5) is 0 Å². The molecule has 0 bridgehead atoms. The minimum atomic E-state index is -4.28. The van der Waals surface area contributed by atoms with Crippen LogP contribution in [0.3, 0.4) is 0 Å². The normalized spacial score (nSPS) is 14.5. The molecule has 0 rings (SSSR count). The van der Waals surface area contributed by atoms with E-state index < -0.39 is 7.82 Å². The van der Waals surface area contributed by atoms with Gasteiger partial charge in [0.05, 0.1) is 25.9 Å². The van der Waals surface area contributed by atoms with Crippen LogP contribution in [-0.4, -0.2) is 64.6 Å². The lowest BCUT2D eigenvalue weighted by atomic mass is 10.0. The first kappa shape index (κ1) is 35.0. The number of likely N-dealkylation sites (N-methyl/N-ethyl adjacent to an activating group) is 2. The van der Waals surface area contributed by atoms with Crippen LogP contribution in [0, 0.1) is 0 Å². The molecule has 212 valence electrons. The molecule has 0 aliphatic rings. The third-order valence-electron chi connectivity index (χ3n) is 6.57. The molecule has 2 unspecified atom stereocenters. The third-order valence-corrected chi connectivity index (χ3v) is 7.53. The van der Waals surface area contributed by atoms with E-state index in [9.17, 15) is 9.46 Å². The highest BCUT2D eigenvalue weighted by Crippen LogP contribution is 2.38. The summed E-state index contributed by atoms with van der Waals surface area (Å²) >= 11 is 0. The summed E-state index contributed by atoms with van der Waals surface area (Å²) in [6, 6.07) is -0.180. The molecule has 7 nitrogen and oxygen atoms in total. The second-order valence-electron chi connectivity index (χ2n) is 9.84. The topological polar surface area (TPSA) is 83.1 Å². The molecule has 0 spiro atoms. The van der Waals surface area contributed by atoms with Gasteiger partial charge in [-0.25, -0.2) is 0 Å². The van der Waals surface area contributed by atoms with E-state index in [0.717, 1.165) is 13.0 Å².